The maximum absolute atomic E-state index is 11.4. The number of carbonyl (C=O) groups is 1. The van der Waals surface area contributed by atoms with Crippen LogP contribution in [0, 0.1) is 0 Å². The van der Waals surface area contributed by atoms with Gasteiger partial charge in [0.05, 0.1) is 0 Å². The van der Waals surface area contributed by atoms with Crippen LogP contribution in [0.15, 0.2) is 6.07 Å². The number of nitrogens with one attached hydrogen (secondary N) is 2. The molecule has 1 heterocycles. The maximum atomic E-state index is 11.4. The Bertz CT molecular complexity index is 445. The fourth-order valence-corrected chi connectivity index (χ4v) is 1.65. The molecule has 6 nitrogen and oxygen atoms in total. The van der Waals surface area contributed by atoms with Gasteiger partial charge in [0.15, 0.2) is 0 Å². The van der Waals surface area contributed by atoms with Crippen LogP contribution in [-0.2, 0) is 0 Å². The van der Waals surface area contributed by atoms with Crippen LogP contribution in [0.3, 0.4) is 0 Å². The number of anilines is 1. The lowest BCUT2D eigenvalue weighted by Gasteiger charge is -2.14. The quantitative estimate of drug-likeness (QED) is 0.790. The minimum atomic E-state index is -0.0924. The summed E-state index contributed by atoms with van der Waals surface area (Å²) in [6.07, 6.45) is 0. The van der Waals surface area contributed by atoms with Gasteiger partial charge in [-0.2, -0.15) is 0 Å². The molecular formula is C15H27N5O. The summed E-state index contributed by atoms with van der Waals surface area (Å²) >= 11 is 0. The van der Waals surface area contributed by atoms with Crippen LogP contribution >= 0.6 is 0 Å². The minimum Gasteiger partial charge on any atom is -0.368 e. The van der Waals surface area contributed by atoms with Crippen molar-refractivity contribution in [1.82, 2.24) is 20.2 Å². The lowest BCUT2D eigenvalue weighted by atomic mass is 10.1. The van der Waals surface area contributed by atoms with Crippen molar-refractivity contribution < 1.29 is 4.79 Å². The highest BCUT2D eigenvalue weighted by Gasteiger charge is 2.10. The van der Waals surface area contributed by atoms with Crippen molar-refractivity contribution in [2.45, 2.75) is 39.5 Å². The molecule has 21 heavy (non-hydrogen) atoms. The lowest BCUT2D eigenvalue weighted by molar-refractivity contribution is 0.218. The van der Waals surface area contributed by atoms with Gasteiger partial charge < -0.3 is 15.5 Å². The Balaban J connectivity index is 2.64. The molecule has 0 radical (unpaired) electrons. The van der Waals surface area contributed by atoms with Gasteiger partial charge in [-0.25, -0.2) is 14.8 Å². The molecule has 0 aromatic carbocycles. The number of aromatic nitrogens is 2. The van der Waals surface area contributed by atoms with Gasteiger partial charge in [-0.1, -0.05) is 27.7 Å². The molecule has 0 saturated heterocycles. The molecule has 118 valence electrons. The van der Waals surface area contributed by atoms with Crippen LogP contribution in [0.25, 0.3) is 0 Å². The smallest absolute Gasteiger partial charge is 0.316 e. The van der Waals surface area contributed by atoms with Crippen molar-refractivity contribution in [3.8, 4) is 0 Å². The second-order valence-corrected chi connectivity index (χ2v) is 5.90. The van der Waals surface area contributed by atoms with Gasteiger partial charge in [0.1, 0.15) is 11.6 Å². The third kappa shape index (κ3) is 5.57. The molecule has 0 aliphatic heterocycles. The number of carbonyl (C=O) groups excluding carboxylic acids is 1. The highest BCUT2D eigenvalue weighted by molar-refractivity contribution is 5.73. The summed E-state index contributed by atoms with van der Waals surface area (Å²) in [6.45, 7) is 9.59. The highest BCUT2D eigenvalue weighted by atomic mass is 16.2. The van der Waals surface area contributed by atoms with Gasteiger partial charge in [-0.05, 0) is 5.92 Å². The standard InChI is InChI=1S/C15H27N5O/c1-10(2)12-9-13(19-14(18-12)11(3)4)16-7-8-17-15(21)20(5)6/h9-11H,7-8H2,1-6H3,(H,17,21)(H,16,18,19). The van der Waals surface area contributed by atoms with Gasteiger partial charge in [0.25, 0.3) is 0 Å². The topological polar surface area (TPSA) is 70.2 Å². The third-order valence-corrected chi connectivity index (χ3v) is 2.98. The molecule has 0 saturated carbocycles. The molecule has 0 fully saturated rings. The Morgan fingerprint density at radius 2 is 1.81 bits per heavy atom. The number of nitrogens with zero attached hydrogens (tertiary/aromatic N) is 3. The minimum absolute atomic E-state index is 0.0924. The van der Waals surface area contributed by atoms with E-state index in [1.807, 2.05) is 6.07 Å². The first kappa shape index (κ1) is 17.2. The summed E-state index contributed by atoms with van der Waals surface area (Å²) in [5, 5.41) is 6.05. The number of urea groups is 1. The zero-order valence-electron chi connectivity index (χ0n) is 13.9. The van der Waals surface area contributed by atoms with E-state index >= 15 is 0 Å². The molecule has 0 aliphatic rings. The molecule has 0 unspecified atom stereocenters. The molecule has 0 aliphatic carbocycles. The van der Waals surface area contributed by atoms with Gasteiger partial charge >= 0.3 is 6.03 Å². The van der Waals surface area contributed by atoms with Crippen LogP contribution in [0.2, 0.25) is 0 Å². The van der Waals surface area contributed by atoms with Gasteiger partial charge in [-0.3, -0.25) is 0 Å². The zero-order chi connectivity index (χ0) is 16.0. The van der Waals surface area contributed by atoms with Crippen LogP contribution in [0.4, 0.5) is 10.6 Å². The maximum Gasteiger partial charge on any atom is 0.316 e. The van der Waals surface area contributed by atoms with Crippen molar-refractivity contribution in [3.05, 3.63) is 17.6 Å². The van der Waals surface area contributed by atoms with E-state index in [4.69, 9.17) is 0 Å². The second kappa shape index (κ2) is 7.81. The molecule has 6 heteroatoms. The predicted octanol–water partition coefficient (Wildman–Crippen LogP) is 2.41. The number of rotatable bonds is 6. The molecule has 1 aromatic rings. The van der Waals surface area contributed by atoms with E-state index in [1.54, 1.807) is 14.1 Å². The van der Waals surface area contributed by atoms with Crippen molar-refractivity contribution >= 4 is 11.8 Å². The summed E-state index contributed by atoms with van der Waals surface area (Å²) in [7, 11) is 3.44. The molecule has 2 N–H and O–H groups in total. The van der Waals surface area contributed by atoms with E-state index in [1.165, 1.54) is 4.90 Å². The Morgan fingerprint density at radius 3 is 2.33 bits per heavy atom. The lowest BCUT2D eigenvalue weighted by Crippen LogP contribution is -2.37. The SMILES string of the molecule is CC(C)c1cc(NCCNC(=O)N(C)C)nc(C(C)C)n1. The Labute approximate surface area is 127 Å². The van der Waals surface area contributed by atoms with Gasteiger partial charge in [0.2, 0.25) is 0 Å². The molecule has 2 amide bonds. The van der Waals surface area contributed by atoms with E-state index in [-0.39, 0.29) is 11.9 Å². The summed E-state index contributed by atoms with van der Waals surface area (Å²) in [5.74, 6) is 2.31. The first-order chi connectivity index (χ1) is 9.81. The Hall–Kier alpha value is -1.85. The zero-order valence-corrected chi connectivity index (χ0v) is 13.9. The molecule has 0 bridgehead atoms. The summed E-state index contributed by atoms with van der Waals surface area (Å²) in [5.41, 5.74) is 1.04. The average molecular weight is 293 g/mol. The summed E-state index contributed by atoms with van der Waals surface area (Å²) in [4.78, 5) is 22.0. The number of hydrogen-bond acceptors (Lipinski definition) is 4. The van der Waals surface area contributed by atoms with E-state index < -0.39 is 0 Å². The van der Waals surface area contributed by atoms with E-state index in [0.717, 1.165) is 17.3 Å². The van der Waals surface area contributed by atoms with Gasteiger partial charge in [-0.15, -0.1) is 0 Å². The normalized spacial score (nSPS) is 10.9. The molecule has 0 spiro atoms. The van der Waals surface area contributed by atoms with Crippen LogP contribution in [-0.4, -0.2) is 48.1 Å². The third-order valence-electron chi connectivity index (χ3n) is 2.98. The Kier molecular flexibility index (Phi) is 6.39. The van der Waals surface area contributed by atoms with Crippen LogP contribution in [0.1, 0.15) is 51.0 Å². The van der Waals surface area contributed by atoms with E-state index in [0.29, 0.717) is 19.0 Å². The number of hydrogen-bond donors (Lipinski definition) is 2. The predicted molar refractivity (Wildman–Crippen MR) is 85.8 cm³/mol. The monoisotopic (exact) mass is 293 g/mol. The molecule has 1 rings (SSSR count). The van der Waals surface area contributed by atoms with Crippen molar-refractivity contribution in [3.63, 3.8) is 0 Å². The van der Waals surface area contributed by atoms with Crippen molar-refractivity contribution in [2.75, 3.05) is 32.5 Å². The largest absolute Gasteiger partial charge is 0.368 e. The average Bonchev–Trinajstić information content (AvgIpc) is 2.42. The molecule has 0 atom stereocenters. The first-order valence-corrected chi connectivity index (χ1v) is 7.39. The molecular weight excluding hydrogens is 266 g/mol. The van der Waals surface area contributed by atoms with Crippen molar-refractivity contribution in [1.29, 1.82) is 0 Å². The fourth-order valence-electron chi connectivity index (χ4n) is 1.65. The van der Waals surface area contributed by atoms with Gasteiger partial charge in [0, 0.05) is 44.9 Å². The van der Waals surface area contributed by atoms with E-state index in [2.05, 4.69) is 48.3 Å². The van der Waals surface area contributed by atoms with Crippen LogP contribution in [0.5, 0.6) is 0 Å². The highest BCUT2D eigenvalue weighted by Crippen LogP contribution is 2.19. The second-order valence-electron chi connectivity index (χ2n) is 5.90. The first-order valence-electron chi connectivity index (χ1n) is 7.39. The van der Waals surface area contributed by atoms with Crippen LogP contribution < -0.4 is 10.6 Å². The number of amides is 2. The molecule has 1 aromatic heterocycles. The van der Waals surface area contributed by atoms with E-state index in [9.17, 15) is 4.79 Å². The summed E-state index contributed by atoms with van der Waals surface area (Å²) < 4.78 is 0. The summed E-state index contributed by atoms with van der Waals surface area (Å²) in [6, 6.07) is 1.88. The Morgan fingerprint density at radius 1 is 1.14 bits per heavy atom. The van der Waals surface area contributed by atoms with Crippen molar-refractivity contribution in [2.24, 2.45) is 0 Å². The fraction of sp³-hybridized carbons (Fsp3) is 0.667.